The molecule has 4 aromatic heterocycles. The van der Waals surface area contributed by atoms with Gasteiger partial charge < -0.3 is 40.0 Å². The van der Waals surface area contributed by atoms with E-state index >= 15 is 4.39 Å². The predicted octanol–water partition coefficient (Wildman–Crippen LogP) is -1.23. The third kappa shape index (κ3) is 5.46. The molecule has 46 heavy (non-hydrogen) atoms. The summed E-state index contributed by atoms with van der Waals surface area (Å²) >= 11 is 5.15. The fourth-order valence-corrected chi connectivity index (χ4v) is 8.03. The van der Waals surface area contributed by atoms with Gasteiger partial charge in [-0.25, -0.2) is 14.4 Å². The molecule has 3 aliphatic rings. The molecule has 0 radical (unpaired) electrons. The van der Waals surface area contributed by atoms with Crippen molar-refractivity contribution in [2.24, 2.45) is 0 Å². The zero-order valence-corrected chi connectivity index (χ0v) is 25.9. The highest BCUT2D eigenvalue weighted by atomic mass is 32.5. The van der Waals surface area contributed by atoms with Gasteiger partial charge in [-0.3, -0.25) is 42.3 Å². The molecule has 0 aromatic carbocycles. The number of nitrogens with two attached hydrogens (primary N) is 2. The Morgan fingerprint density at radius 3 is 2.09 bits per heavy atom. The Kier molecular flexibility index (Phi) is 7.64. The zero-order chi connectivity index (χ0) is 32.7. The lowest BCUT2D eigenvalue weighted by atomic mass is 10.1. The second-order valence-electron chi connectivity index (χ2n) is 10.6. The zero-order valence-electron chi connectivity index (χ0n) is 23.3. The van der Waals surface area contributed by atoms with Crippen LogP contribution in [-0.4, -0.2) is 106 Å². The van der Waals surface area contributed by atoms with Crippen LogP contribution in [0, 0.1) is 0 Å². The fourth-order valence-electron chi connectivity index (χ4n) is 5.44. The van der Waals surface area contributed by atoms with Gasteiger partial charge in [0.2, 0.25) is 11.9 Å². The summed E-state index contributed by atoms with van der Waals surface area (Å²) in [6.07, 6.45) is -9.99. The minimum atomic E-state index is -4.30. The first-order chi connectivity index (χ1) is 21.7. The fraction of sp³-hybridized carbons (Fsp3) is 0.524. The molecule has 4 aromatic rings. The van der Waals surface area contributed by atoms with E-state index in [0.29, 0.717) is 0 Å². The van der Waals surface area contributed by atoms with Gasteiger partial charge in [0.1, 0.15) is 30.5 Å². The second kappa shape index (κ2) is 11.2. The van der Waals surface area contributed by atoms with E-state index < -0.39 is 87.8 Å². The number of imidazole rings is 2. The van der Waals surface area contributed by atoms with Crippen LogP contribution < -0.4 is 22.6 Å². The standard InChI is InChI=1S/C21H25FN10O11P2S/c1-44(36)38-3-7-12(8(22)18(41-7)31-4-25-9-14(31)27-20(23)29-16(9)34)43-45(37,46)39-2-6-11(33)13(42-44)19(40-6)32-5-26-10-15(32)28-21(24)30-17(10)35/h4-8,11-13,18-19,33H,2-3H2,1H3,(H,37,46)(H3,23,27,29,34)(H3,24,28,30,35)/t6-,7-,8+,11?,12?,13+,18-,19-,44?,45?/m1/s1. The number of fused-ring (bicyclic) bond motifs is 5. The van der Waals surface area contributed by atoms with Crippen molar-refractivity contribution >= 4 is 60.3 Å². The molecule has 25 heteroatoms. The van der Waals surface area contributed by atoms with Gasteiger partial charge in [0, 0.05) is 6.66 Å². The summed E-state index contributed by atoms with van der Waals surface area (Å²) in [5.41, 5.74) is 9.64. The third-order valence-corrected chi connectivity index (χ3v) is 10.3. The van der Waals surface area contributed by atoms with Crippen LogP contribution in [0.25, 0.3) is 22.3 Å². The van der Waals surface area contributed by atoms with E-state index in [1.54, 1.807) is 0 Å². The molecule has 8 N–H and O–H groups in total. The van der Waals surface area contributed by atoms with Crippen LogP contribution in [0.3, 0.4) is 0 Å². The molecular weight excluding hydrogens is 681 g/mol. The van der Waals surface area contributed by atoms with Gasteiger partial charge in [-0.2, -0.15) is 9.97 Å². The Morgan fingerprint density at radius 2 is 1.48 bits per heavy atom. The lowest BCUT2D eigenvalue weighted by Gasteiger charge is -2.27. The first-order valence-corrected chi connectivity index (χ1v) is 17.9. The number of nitrogens with zero attached hydrogens (tertiary/aromatic N) is 6. The van der Waals surface area contributed by atoms with Crippen molar-refractivity contribution in [1.82, 2.24) is 39.0 Å². The number of aliphatic hydroxyl groups is 1. The van der Waals surface area contributed by atoms with Crippen LogP contribution in [0.2, 0.25) is 0 Å². The molecule has 0 aliphatic carbocycles. The molecule has 0 spiro atoms. The predicted molar refractivity (Wildman–Crippen MR) is 156 cm³/mol. The van der Waals surface area contributed by atoms with Crippen molar-refractivity contribution in [2.45, 2.75) is 49.1 Å². The minimum Gasteiger partial charge on any atom is -0.387 e. The molecule has 7 heterocycles. The lowest BCUT2D eigenvalue weighted by Crippen LogP contribution is -2.35. The Hall–Kier alpha value is -3.21. The van der Waals surface area contributed by atoms with Gasteiger partial charge in [0.25, 0.3) is 11.1 Å². The van der Waals surface area contributed by atoms with Crippen LogP contribution in [0.4, 0.5) is 16.3 Å². The van der Waals surface area contributed by atoms with Gasteiger partial charge in [-0.1, -0.05) is 0 Å². The number of H-pyrrole nitrogens is 2. The summed E-state index contributed by atoms with van der Waals surface area (Å²) in [7, 11) is -4.15. The van der Waals surface area contributed by atoms with Gasteiger partial charge in [0.05, 0.1) is 25.9 Å². The number of nitrogens with one attached hydrogen (secondary N) is 2. The topological polar surface area (TPSA) is 292 Å². The number of nitrogen functional groups attached to an aromatic ring is 2. The molecule has 10 atom stereocenters. The summed E-state index contributed by atoms with van der Waals surface area (Å²) in [5.74, 6) is -0.490. The number of rotatable bonds is 2. The maximum Gasteiger partial charge on any atom is 0.328 e. The number of aromatic amines is 2. The normalized spacial score (nSPS) is 37.1. The number of ether oxygens (including phenoxy) is 2. The number of anilines is 2. The lowest BCUT2D eigenvalue weighted by molar-refractivity contribution is -0.0594. The highest BCUT2D eigenvalue weighted by Gasteiger charge is 2.53. The van der Waals surface area contributed by atoms with Crippen molar-refractivity contribution < 1.29 is 46.5 Å². The van der Waals surface area contributed by atoms with E-state index in [1.165, 1.54) is 10.9 Å². The molecule has 3 aliphatic heterocycles. The van der Waals surface area contributed by atoms with Crippen molar-refractivity contribution in [3.8, 4) is 0 Å². The highest BCUT2D eigenvalue weighted by Crippen LogP contribution is 2.54. The first-order valence-electron chi connectivity index (χ1n) is 13.4. The molecule has 0 amide bonds. The molecule has 3 fully saturated rings. The Labute approximate surface area is 259 Å². The number of aromatic nitrogens is 8. The summed E-state index contributed by atoms with van der Waals surface area (Å²) in [6.45, 7) is -4.43. The number of hydrogen-bond donors (Lipinski definition) is 6. The summed E-state index contributed by atoms with van der Waals surface area (Å²) in [5, 5.41) is 11.2. The third-order valence-electron chi connectivity index (χ3n) is 7.47. The molecule has 248 valence electrons. The summed E-state index contributed by atoms with van der Waals surface area (Å²) < 4.78 is 66.2. The number of halogens is 1. The van der Waals surface area contributed by atoms with Gasteiger partial charge in [-0.05, 0) is 11.8 Å². The van der Waals surface area contributed by atoms with E-state index in [2.05, 4.69) is 29.9 Å². The smallest absolute Gasteiger partial charge is 0.328 e. The SMILES string of the molecule is CP1(=O)OC[C@H]2O[C@@H](n3cnc4c(=O)[nH]c(N)nc43)[C@@H](F)C2OP(O)(=S)OC[C@H]2O[C@@H](n3cnc4c(=O)[nH]c(N)nc43)[C@@H](O1)C2O. The van der Waals surface area contributed by atoms with E-state index in [-0.39, 0.29) is 34.2 Å². The van der Waals surface area contributed by atoms with E-state index in [0.717, 1.165) is 17.6 Å². The number of aliphatic hydroxyl groups excluding tert-OH is 1. The molecule has 7 rings (SSSR count). The van der Waals surface area contributed by atoms with Crippen LogP contribution in [0.15, 0.2) is 22.2 Å². The Balaban J connectivity index is 1.21. The van der Waals surface area contributed by atoms with Gasteiger partial charge in [0.15, 0.2) is 41.0 Å². The Bertz CT molecular complexity index is 2060. The molecular formula is C21H25FN10O11P2S. The van der Waals surface area contributed by atoms with Crippen LogP contribution in [0.1, 0.15) is 12.5 Å². The maximum absolute atomic E-state index is 16.1. The van der Waals surface area contributed by atoms with Crippen LogP contribution in [0.5, 0.6) is 0 Å². The number of hydrogen-bond acceptors (Lipinski definition) is 17. The number of alkyl halides is 1. The highest BCUT2D eigenvalue weighted by molar-refractivity contribution is 8.07. The van der Waals surface area contributed by atoms with E-state index in [4.69, 9.17) is 50.8 Å². The first kappa shape index (κ1) is 31.4. The van der Waals surface area contributed by atoms with Crippen molar-refractivity contribution in [1.29, 1.82) is 0 Å². The largest absolute Gasteiger partial charge is 0.387 e. The molecule has 4 unspecified atom stereocenters. The van der Waals surface area contributed by atoms with Gasteiger partial charge >= 0.3 is 14.3 Å². The van der Waals surface area contributed by atoms with Gasteiger partial charge in [-0.15, -0.1) is 0 Å². The molecule has 0 saturated carbocycles. The van der Waals surface area contributed by atoms with Crippen LogP contribution >= 0.6 is 14.3 Å². The average molecular weight is 707 g/mol. The molecule has 3 saturated heterocycles. The van der Waals surface area contributed by atoms with Crippen LogP contribution in [-0.2, 0) is 43.9 Å². The van der Waals surface area contributed by atoms with E-state index in [9.17, 15) is 24.2 Å². The summed E-state index contributed by atoms with van der Waals surface area (Å²) in [4.78, 5) is 56.2. The minimum absolute atomic E-state index is 0.0373. The molecule has 2 bridgehead atoms. The van der Waals surface area contributed by atoms with Crippen molar-refractivity contribution in [3.63, 3.8) is 0 Å². The second-order valence-corrected chi connectivity index (χ2v) is 15.4. The quantitative estimate of drug-likeness (QED) is 0.133. The average Bonchev–Trinajstić information content (AvgIpc) is 3.72. The maximum atomic E-state index is 16.1. The summed E-state index contributed by atoms with van der Waals surface area (Å²) in [6, 6.07) is 0. The van der Waals surface area contributed by atoms with Crippen molar-refractivity contribution in [2.75, 3.05) is 31.3 Å². The Morgan fingerprint density at radius 1 is 0.935 bits per heavy atom. The van der Waals surface area contributed by atoms with E-state index in [1.807, 2.05) is 0 Å². The molecule has 21 nitrogen and oxygen atoms in total. The monoisotopic (exact) mass is 706 g/mol. The van der Waals surface area contributed by atoms with Crippen molar-refractivity contribution in [3.05, 3.63) is 33.4 Å².